The summed E-state index contributed by atoms with van der Waals surface area (Å²) >= 11 is 3.46. The minimum Gasteiger partial charge on any atom is -0.300 e. The van der Waals surface area contributed by atoms with Crippen molar-refractivity contribution in [2.45, 2.75) is 5.51 Å². The molecule has 16 heavy (non-hydrogen) atoms. The van der Waals surface area contributed by atoms with Gasteiger partial charge in [-0.3, -0.25) is 9.80 Å². The molecule has 0 saturated carbocycles. The standard InChI is InChI=1S/C9H16BrF3N2S/c10-1-2-14-3-5-15(6-4-14)7-8-16-9(11,12)13/h1-8H2. The van der Waals surface area contributed by atoms with Crippen LogP contribution < -0.4 is 0 Å². The zero-order valence-electron chi connectivity index (χ0n) is 8.97. The summed E-state index contributed by atoms with van der Waals surface area (Å²) in [5, 5.41) is 0.955. The molecule has 0 bridgehead atoms. The fraction of sp³-hybridized carbons (Fsp3) is 1.00. The van der Waals surface area contributed by atoms with Crippen molar-refractivity contribution in [3.05, 3.63) is 0 Å². The third-order valence-electron chi connectivity index (χ3n) is 2.54. The molecule has 7 heteroatoms. The molecule has 96 valence electrons. The van der Waals surface area contributed by atoms with E-state index in [9.17, 15) is 13.2 Å². The van der Waals surface area contributed by atoms with Gasteiger partial charge in [0.2, 0.25) is 0 Å². The molecular formula is C9H16BrF3N2S. The van der Waals surface area contributed by atoms with E-state index in [1.807, 2.05) is 0 Å². The molecule has 0 aromatic rings. The maximum absolute atomic E-state index is 11.9. The number of thioether (sulfide) groups is 1. The predicted octanol–water partition coefficient (Wildman–Crippen LogP) is 2.25. The second kappa shape index (κ2) is 7.08. The third-order valence-corrected chi connectivity index (χ3v) is 3.61. The second-order valence-corrected chi connectivity index (χ2v) is 5.62. The van der Waals surface area contributed by atoms with Crippen LogP contribution in [0.4, 0.5) is 13.2 Å². The molecule has 0 aromatic carbocycles. The maximum Gasteiger partial charge on any atom is 0.441 e. The smallest absolute Gasteiger partial charge is 0.300 e. The van der Waals surface area contributed by atoms with Gasteiger partial charge in [-0.1, -0.05) is 15.9 Å². The third kappa shape index (κ3) is 6.32. The Kier molecular flexibility index (Phi) is 6.46. The quantitative estimate of drug-likeness (QED) is 0.717. The van der Waals surface area contributed by atoms with Crippen LogP contribution in [0, 0.1) is 0 Å². The number of hydrogen-bond donors (Lipinski definition) is 0. The Labute approximate surface area is 107 Å². The summed E-state index contributed by atoms with van der Waals surface area (Å²) < 4.78 is 35.7. The summed E-state index contributed by atoms with van der Waals surface area (Å²) in [7, 11) is 0. The van der Waals surface area contributed by atoms with Crippen LogP contribution in [0.1, 0.15) is 0 Å². The molecule has 0 unspecified atom stereocenters. The molecule has 1 heterocycles. The molecule has 2 nitrogen and oxygen atoms in total. The average molecular weight is 321 g/mol. The Balaban J connectivity index is 2.08. The summed E-state index contributed by atoms with van der Waals surface area (Å²) in [5.74, 6) is 0.141. The minimum absolute atomic E-state index is 0.0755. The van der Waals surface area contributed by atoms with Crippen molar-refractivity contribution < 1.29 is 13.2 Å². The lowest BCUT2D eigenvalue weighted by atomic mass is 10.3. The van der Waals surface area contributed by atoms with Crippen LogP contribution in [0.5, 0.6) is 0 Å². The first-order chi connectivity index (χ1) is 7.51. The number of nitrogens with zero attached hydrogens (tertiary/aromatic N) is 2. The Hall–Kier alpha value is 0.540. The van der Waals surface area contributed by atoms with Gasteiger partial charge in [-0.2, -0.15) is 13.2 Å². The zero-order chi connectivity index (χ0) is 12.0. The normalized spacial score (nSPS) is 20.2. The van der Waals surface area contributed by atoms with Gasteiger partial charge in [0.05, 0.1) is 0 Å². The average Bonchev–Trinajstić information content (AvgIpc) is 2.19. The first-order valence-corrected chi connectivity index (χ1v) is 7.33. The molecule has 0 amide bonds. The zero-order valence-corrected chi connectivity index (χ0v) is 11.4. The van der Waals surface area contributed by atoms with Crippen molar-refractivity contribution >= 4 is 27.7 Å². The molecule has 1 rings (SSSR count). The Morgan fingerprint density at radius 1 is 1.00 bits per heavy atom. The largest absolute Gasteiger partial charge is 0.441 e. The highest BCUT2D eigenvalue weighted by Crippen LogP contribution is 2.29. The summed E-state index contributed by atoms with van der Waals surface area (Å²) in [6.45, 7) is 5.23. The van der Waals surface area contributed by atoms with E-state index in [0.29, 0.717) is 6.54 Å². The van der Waals surface area contributed by atoms with Crippen molar-refractivity contribution in [2.24, 2.45) is 0 Å². The van der Waals surface area contributed by atoms with Gasteiger partial charge in [-0.25, -0.2) is 0 Å². The van der Waals surface area contributed by atoms with E-state index < -0.39 is 5.51 Å². The van der Waals surface area contributed by atoms with Gasteiger partial charge in [0.15, 0.2) is 0 Å². The van der Waals surface area contributed by atoms with Crippen LogP contribution in [0.2, 0.25) is 0 Å². The van der Waals surface area contributed by atoms with E-state index in [2.05, 4.69) is 25.7 Å². The number of alkyl halides is 4. The fourth-order valence-electron chi connectivity index (χ4n) is 1.65. The Bertz CT molecular complexity index is 196. The maximum atomic E-state index is 11.9. The number of hydrogen-bond acceptors (Lipinski definition) is 3. The predicted molar refractivity (Wildman–Crippen MR) is 65.2 cm³/mol. The topological polar surface area (TPSA) is 6.48 Å². The highest BCUT2D eigenvalue weighted by molar-refractivity contribution is 9.09. The van der Waals surface area contributed by atoms with Gasteiger partial charge in [0, 0.05) is 50.4 Å². The molecule has 0 atom stereocenters. The van der Waals surface area contributed by atoms with Gasteiger partial charge >= 0.3 is 5.51 Å². The van der Waals surface area contributed by atoms with E-state index in [0.717, 1.165) is 38.1 Å². The van der Waals surface area contributed by atoms with Crippen LogP contribution in [0.3, 0.4) is 0 Å². The van der Waals surface area contributed by atoms with Crippen molar-refractivity contribution in [3.63, 3.8) is 0 Å². The molecule has 1 saturated heterocycles. The molecular weight excluding hydrogens is 305 g/mol. The summed E-state index contributed by atoms with van der Waals surface area (Å²) in [4.78, 5) is 4.42. The van der Waals surface area contributed by atoms with Gasteiger partial charge in [0.1, 0.15) is 0 Å². The van der Waals surface area contributed by atoms with Crippen LogP contribution in [-0.2, 0) is 0 Å². The summed E-state index contributed by atoms with van der Waals surface area (Å²) in [5.41, 5.74) is -4.09. The van der Waals surface area contributed by atoms with Gasteiger partial charge < -0.3 is 0 Å². The lowest BCUT2D eigenvalue weighted by Gasteiger charge is -2.34. The first-order valence-electron chi connectivity index (χ1n) is 5.22. The molecule has 0 spiro atoms. The van der Waals surface area contributed by atoms with E-state index >= 15 is 0 Å². The van der Waals surface area contributed by atoms with Crippen molar-refractivity contribution in [3.8, 4) is 0 Å². The molecule has 1 aliphatic rings. The number of piperazine rings is 1. The highest BCUT2D eigenvalue weighted by atomic mass is 79.9. The van der Waals surface area contributed by atoms with E-state index in [1.165, 1.54) is 0 Å². The van der Waals surface area contributed by atoms with Gasteiger partial charge in [-0.15, -0.1) is 0 Å². The summed E-state index contributed by atoms with van der Waals surface area (Å²) in [6.07, 6.45) is 0. The minimum atomic E-state index is -4.09. The van der Waals surface area contributed by atoms with Crippen molar-refractivity contribution in [1.82, 2.24) is 9.80 Å². The lowest BCUT2D eigenvalue weighted by molar-refractivity contribution is -0.0329. The lowest BCUT2D eigenvalue weighted by Crippen LogP contribution is -2.47. The highest BCUT2D eigenvalue weighted by Gasteiger charge is 2.28. The second-order valence-electron chi connectivity index (χ2n) is 3.67. The number of halogens is 4. The van der Waals surface area contributed by atoms with Crippen LogP contribution >= 0.6 is 27.7 Å². The molecule has 1 fully saturated rings. The van der Waals surface area contributed by atoms with Crippen LogP contribution in [0.25, 0.3) is 0 Å². The Morgan fingerprint density at radius 3 is 1.94 bits per heavy atom. The van der Waals surface area contributed by atoms with Crippen molar-refractivity contribution in [2.75, 3.05) is 50.4 Å². The van der Waals surface area contributed by atoms with Crippen LogP contribution in [-0.4, -0.2) is 65.7 Å². The molecule has 0 aliphatic carbocycles. The van der Waals surface area contributed by atoms with E-state index in [1.54, 1.807) is 0 Å². The molecule has 0 aromatic heterocycles. The van der Waals surface area contributed by atoms with Gasteiger partial charge in [-0.05, 0) is 11.8 Å². The fourth-order valence-corrected chi connectivity index (χ4v) is 2.73. The van der Waals surface area contributed by atoms with Crippen molar-refractivity contribution in [1.29, 1.82) is 0 Å². The SMILES string of the molecule is FC(F)(F)SCCN1CCN(CCBr)CC1. The van der Waals surface area contributed by atoms with E-state index in [4.69, 9.17) is 0 Å². The molecule has 0 radical (unpaired) electrons. The molecule has 0 N–H and O–H groups in total. The number of rotatable bonds is 5. The van der Waals surface area contributed by atoms with Crippen LogP contribution in [0.15, 0.2) is 0 Å². The Morgan fingerprint density at radius 2 is 1.50 bits per heavy atom. The molecule has 1 aliphatic heterocycles. The summed E-state index contributed by atoms with van der Waals surface area (Å²) in [6, 6.07) is 0. The van der Waals surface area contributed by atoms with Gasteiger partial charge in [0.25, 0.3) is 0 Å². The first kappa shape index (κ1) is 14.6. The monoisotopic (exact) mass is 320 g/mol. The van der Waals surface area contributed by atoms with E-state index in [-0.39, 0.29) is 17.5 Å².